The van der Waals surface area contributed by atoms with Crippen LogP contribution >= 0.6 is 0 Å². The number of primary sulfonamides is 1. The number of hydrogen-bond donors (Lipinski definition) is 2. The van der Waals surface area contributed by atoms with Crippen molar-refractivity contribution < 1.29 is 12.8 Å². The molecule has 0 saturated heterocycles. The SMILES string of the molecule is C[C@@H]1Cc2cc(F)c(S(N)(=O)=O)cc2N1. The van der Waals surface area contributed by atoms with Crippen LogP contribution in [0.15, 0.2) is 17.0 Å². The molecular weight excluding hydrogens is 219 g/mol. The van der Waals surface area contributed by atoms with Gasteiger partial charge in [0, 0.05) is 11.7 Å². The minimum Gasteiger partial charge on any atom is -0.382 e. The average Bonchev–Trinajstić information content (AvgIpc) is 2.40. The molecule has 0 aromatic heterocycles. The van der Waals surface area contributed by atoms with E-state index < -0.39 is 20.7 Å². The van der Waals surface area contributed by atoms with Gasteiger partial charge < -0.3 is 5.32 Å². The molecule has 4 nitrogen and oxygen atoms in total. The third-order valence-electron chi connectivity index (χ3n) is 2.39. The van der Waals surface area contributed by atoms with Crippen LogP contribution in [-0.4, -0.2) is 14.5 Å². The molecule has 0 saturated carbocycles. The molecule has 1 aliphatic heterocycles. The van der Waals surface area contributed by atoms with Gasteiger partial charge in [-0.3, -0.25) is 0 Å². The molecule has 1 atom stereocenters. The van der Waals surface area contributed by atoms with Gasteiger partial charge >= 0.3 is 0 Å². The quantitative estimate of drug-likeness (QED) is 0.750. The molecule has 2 rings (SSSR count). The summed E-state index contributed by atoms with van der Waals surface area (Å²) in [4.78, 5) is -0.456. The molecule has 3 N–H and O–H groups in total. The fourth-order valence-electron chi connectivity index (χ4n) is 1.76. The van der Waals surface area contributed by atoms with Crippen LogP contribution in [0, 0.1) is 5.82 Å². The molecule has 0 fully saturated rings. The van der Waals surface area contributed by atoms with E-state index in [1.54, 1.807) is 0 Å². The standard InChI is InChI=1S/C9H11FN2O2S/c1-5-2-6-3-7(10)9(15(11,13)14)4-8(6)12-5/h3-5,12H,2H2,1H3,(H2,11,13,14)/t5-/m1/s1. The predicted molar refractivity (Wildman–Crippen MR) is 54.6 cm³/mol. The number of sulfonamides is 1. The Hall–Kier alpha value is -1.14. The van der Waals surface area contributed by atoms with E-state index in [0.29, 0.717) is 12.1 Å². The highest BCUT2D eigenvalue weighted by molar-refractivity contribution is 7.89. The second-order valence-electron chi connectivity index (χ2n) is 3.73. The summed E-state index contributed by atoms with van der Waals surface area (Å²) in [6.07, 6.45) is 0.692. The molecule has 0 radical (unpaired) electrons. The van der Waals surface area contributed by atoms with Crippen molar-refractivity contribution in [3.63, 3.8) is 0 Å². The van der Waals surface area contributed by atoms with Crippen molar-refractivity contribution in [2.45, 2.75) is 24.3 Å². The molecule has 0 aliphatic carbocycles. The van der Waals surface area contributed by atoms with Crippen molar-refractivity contribution in [3.8, 4) is 0 Å². The van der Waals surface area contributed by atoms with Crippen LogP contribution in [0.3, 0.4) is 0 Å². The second kappa shape index (κ2) is 3.18. The molecular formula is C9H11FN2O2S. The van der Waals surface area contributed by atoms with Crippen LogP contribution in [0.1, 0.15) is 12.5 Å². The number of nitrogens with one attached hydrogen (secondary N) is 1. The summed E-state index contributed by atoms with van der Waals surface area (Å²) in [5.41, 5.74) is 1.43. The normalized spacial score (nSPS) is 19.8. The first-order valence-corrected chi connectivity index (χ1v) is 6.04. The number of hydrogen-bond acceptors (Lipinski definition) is 3. The molecule has 1 aromatic carbocycles. The van der Waals surface area contributed by atoms with Crippen molar-refractivity contribution in [1.29, 1.82) is 0 Å². The Morgan fingerprint density at radius 1 is 1.53 bits per heavy atom. The van der Waals surface area contributed by atoms with E-state index >= 15 is 0 Å². The third-order valence-corrected chi connectivity index (χ3v) is 3.32. The van der Waals surface area contributed by atoms with Gasteiger partial charge in [-0.2, -0.15) is 0 Å². The number of fused-ring (bicyclic) bond motifs is 1. The number of anilines is 1. The monoisotopic (exact) mass is 230 g/mol. The van der Waals surface area contributed by atoms with Crippen molar-refractivity contribution >= 4 is 15.7 Å². The molecule has 0 amide bonds. The first kappa shape index (κ1) is 10.4. The van der Waals surface area contributed by atoms with E-state index in [1.165, 1.54) is 12.1 Å². The highest BCUT2D eigenvalue weighted by Gasteiger charge is 2.23. The molecule has 15 heavy (non-hydrogen) atoms. The number of nitrogens with two attached hydrogens (primary N) is 1. The third kappa shape index (κ3) is 1.82. The Bertz CT molecular complexity index is 513. The number of halogens is 1. The summed E-state index contributed by atoms with van der Waals surface area (Å²) in [6, 6.07) is 2.67. The number of benzene rings is 1. The summed E-state index contributed by atoms with van der Waals surface area (Å²) in [7, 11) is -3.99. The lowest BCUT2D eigenvalue weighted by atomic mass is 10.1. The predicted octanol–water partition coefficient (Wildman–Crippen LogP) is 0.830. The fraction of sp³-hybridized carbons (Fsp3) is 0.333. The fourth-order valence-corrected chi connectivity index (χ4v) is 2.38. The van der Waals surface area contributed by atoms with Crippen LogP contribution in [0.4, 0.5) is 10.1 Å². The molecule has 0 bridgehead atoms. The second-order valence-corrected chi connectivity index (χ2v) is 5.26. The van der Waals surface area contributed by atoms with Crippen molar-refractivity contribution in [3.05, 3.63) is 23.5 Å². The Balaban J connectivity index is 2.59. The molecule has 0 spiro atoms. The Kier molecular flexibility index (Phi) is 2.20. The van der Waals surface area contributed by atoms with Gasteiger partial charge in [-0.1, -0.05) is 0 Å². The van der Waals surface area contributed by atoms with Crippen LogP contribution in [0.5, 0.6) is 0 Å². The maximum absolute atomic E-state index is 13.4. The van der Waals surface area contributed by atoms with Gasteiger partial charge in [-0.05, 0) is 31.0 Å². The van der Waals surface area contributed by atoms with E-state index in [4.69, 9.17) is 5.14 Å². The van der Waals surface area contributed by atoms with Crippen LogP contribution in [-0.2, 0) is 16.4 Å². The van der Waals surface area contributed by atoms with Gasteiger partial charge in [0.15, 0.2) is 0 Å². The highest BCUT2D eigenvalue weighted by atomic mass is 32.2. The highest BCUT2D eigenvalue weighted by Crippen LogP contribution is 2.29. The van der Waals surface area contributed by atoms with E-state index in [-0.39, 0.29) is 6.04 Å². The maximum atomic E-state index is 13.4. The summed E-state index contributed by atoms with van der Waals surface area (Å²) in [6.45, 7) is 1.94. The Morgan fingerprint density at radius 2 is 2.20 bits per heavy atom. The molecule has 6 heteroatoms. The first-order chi connectivity index (χ1) is 6.88. The Labute approximate surface area is 87.3 Å². The first-order valence-electron chi connectivity index (χ1n) is 4.49. The lowest BCUT2D eigenvalue weighted by molar-refractivity contribution is 0.567. The van der Waals surface area contributed by atoms with Crippen molar-refractivity contribution in [2.24, 2.45) is 5.14 Å². The summed E-state index contributed by atoms with van der Waals surface area (Å²) >= 11 is 0. The van der Waals surface area contributed by atoms with E-state index in [1.807, 2.05) is 6.92 Å². The van der Waals surface area contributed by atoms with Gasteiger partial charge in [-0.15, -0.1) is 0 Å². The van der Waals surface area contributed by atoms with Crippen LogP contribution in [0.2, 0.25) is 0 Å². The molecule has 1 aromatic rings. The zero-order valence-electron chi connectivity index (χ0n) is 8.12. The van der Waals surface area contributed by atoms with Crippen molar-refractivity contribution in [2.75, 3.05) is 5.32 Å². The van der Waals surface area contributed by atoms with Crippen LogP contribution < -0.4 is 10.5 Å². The average molecular weight is 230 g/mol. The minimum atomic E-state index is -3.99. The smallest absolute Gasteiger partial charge is 0.241 e. The molecule has 1 heterocycles. The van der Waals surface area contributed by atoms with Crippen molar-refractivity contribution in [1.82, 2.24) is 0 Å². The van der Waals surface area contributed by atoms with Gasteiger partial charge in [0.2, 0.25) is 10.0 Å². The number of rotatable bonds is 1. The molecule has 82 valence electrons. The largest absolute Gasteiger partial charge is 0.382 e. The van der Waals surface area contributed by atoms with Gasteiger partial charge in [0.1, 0.15) is 10.7 Å². The minimum absolute atomic E-state index is 0.190. The lowest BCUT2D eigenvalue weighted by Gasteiger charge is -2.05. The lowest BCUT2D eigenvalue weighted by Crippen LogP contribution is -2.14. The van der Waals surface area contributed by atoms with E-state index in [2.05, 4.69) is 5.32 Å². The van der Waals surface area contributed by atoms with Gasteiger partial charge in [-0.25, -0.2) is 17.9 Å². The zero-order valence-corrected chi connectivity index (χ0v) is 8.94. The summed E-state index contributed by atoms with van der Waals surface area (Å²) in [5, 5.41) is 7.94. The Morgan fingerprint density at radius 3 is 2.80 bits per heavy atom. The van der Waals surface area contributed by atoms with Gasteiger partial charge in [0.05, 0.1) is 0 Å². The topological polar surface area (TPSA) is 72.2 Å². The maximum Gasteiger partial charge on any atom is 0.241 e. The van der Waals surface area contributed by atoms with E-state index in [0.717, 1.165) is 5.56 Å². The summed E-state index contributed by atoms with van der Waals surface area (Å²) in [5.74, 6) is -0.785. The molecule has 1 aliphatic rings. The summed E-state index contributed by atoms with van der Waals surface area (Å²) < 4.78 is 35.5. The molecule has 0 unspecified atom stereocenters. The van der Waals surface area contributed by atoms with Crippen LogP contribution in [0.25, 0.3) is 0 Å². The van der Waals surface area contributed by atoms with Gasteiger partial charge in [0.25, 0.3) is 0 Å². The van der Waals surface area contributed by atoms with E-state index in [9.17, 15) is 12.8 Å². The zero-order chi connectivity index (χ0) is 11.2.